The molecule has 0 aliphatic rings. The van der Waals surface area contributed by atoms with Gasteiger partial charge in [-0.3, -0.25) is 0 Å². The highest BCUT2D eigenvalue weighted by Gasteiger charge is 2.26. The Morgan fingerprint density at radius 2 is 0.931 bits per heavy atom. The van der Waals surface area contributed by atoms with E-state index in [1.165, 1.54) is 29.5 Å². The molecule has 3 rings (SSSR count). The van der Waals surface area contributed by atoms with Crippen LogP contribution in [0.2, 0.25) is 19.6 Å². The Morgan fingerprint density at radius 1 is 0.552 bits per heavy atom. The number of hydrogen-bond donors (Lipinski definition) is 0. The quantitative estimate of drug-likeness (QED) is 0.158. The number of hydrogen-bond acceptors (Lipinski definition) is 0. The van der Waals surface area contributed by atoms with Gasteiger partial charge >= 0.3 is 0 Å². The predicted molar refractivity (Wildman–Crippen MR) is 107 cm³/mol. The number of benzene rings is 3. The van der Waals surface area contributed by atoms with Crippen LogP contribution in [0.15, 0.2) is 48.5 Å². The molecule has 0 heterocycles. The molecule has 0 fully saturated rings. The van der Waals surface area contributed by atoms with Crippen LogP contribution >= 0.6 is 0 Å². The van der Waals surface area contributed by atoms with E-state index in [0.29, 0.717) is 5.56 Å². The van der Waals surface area contributed by atoms with Crippen LogP contribution < -0.4 is 5.19 Å². The van der Waals surface area contributed by atoms with Gasteiger partial charge in [0.05, 0.1) is 13.6 Å². The maximum atomic E-state index is 13.9. The molecule has 0 N–H and O–H groups in total. The highest BCUT2D eigenvalue weighted by molar-refractivity contribution is 6.88. The molecule has 0 atom stereocenters. The van der Waals surface area contributed by atoms with Crippen molar-refractivity contribution in [3.05, 3.63) is 88.7 Å². The molecule has 0 nitrogen and oxygen atoms in total. The lowest BCUT2D eigenvalue weighted by atomic mass is 10.0. The maximum absolute atomic E-state index is 13.9. The Morgan fingerprint density at radius 3 is 1.34 bits per heavy atom. The molecule has 0 radical (unpaired) electrons. The van der Waals surface area contributed by atoms with Crippen molar-refractivity contribution in [2.45, 2.75) is 19.6 Å². The van der Waals surface area contributed by atoms with Crippen LogP contribution in [0.25, 0.3) is 11.1 Å². The van der Waals surface area contributed by atoms with Crippen molar-refractivity contribution in [1.29, 1.82) is 0 Å². The van der Waals surface area contributed by atoms with E-state index in [9.17, 15) is 22.0 Å². The molecule has 3 aromatic carbocycles. The first-order valence-electron chi connectivity index (χ1n) is 8.84. The van der Waals surface area contributed by atoms with Gasteiger partial charge in [-0.25, -0.2) is 22.0 Å². The molecule has 0 unspecified atom stereocenters. The fourth-order valence-corrected chi connectivity index (χ4v) is 3.94. The maximum Gasteiger partial charge on any atom is 0.200 e. The largest absolute Gasteiger partial charge is 0.203 e. The average Bonchev–Trinajstić information content (AvgIpc) is 2.70. The van der Waals surface area contributed by atoms with Crippen molar-refractivity contribution in [2.75, 3.05) is 0 Å². The molecule has 29 heavy (non-hydrogen) atoms. The smallest absolute Gasteiger partial charge is 0.200 e. The Kier molecular flexibility index (Phi) is 5.63. The monoisotopic (exact) mass is 416 g/mol. The van der Waals surface area contributed by atoms with Crippen LogP contribution in [0, 0.1) is 40.9 Å². The van der Waals surface area contributed by atoms with Gasteiger partial charge in [0, 0.05) is 11.1 Å². The summed E-state index contributed by atoms with van der Waals surface area (Å²) in [5.41, 5.74) is 0.286. The lowest BCUT2D eigenvalue weighted by Crippen LogP contribution is -2.37. The third-order valence-corrected chi connectivity index (χ3v) is 6.55. The third kappa shape index (κ3) is 4.25. The fourth-order valence-electron chi connectivity index (χ4n) is 2.78. The summed E-state index contributed by atoms with van der Waals surface area (Å²) in [7, 11) is -1.39. The van der Waals surface area contributed by atoms with Gasteiger partial charge in [0.15, 0.2) is 23.3 Å². The topological polar surface area (TPSA) is 0 Å². The normalized spacial score (nSPS) is 11.2. The number of rotatable bonds is 2. The SMILES string of the molecule is C[Si](C)(C)c1ccc(C#Cc2ccc(-c3c(F)c(F)c(F)c(F)c3F)cc2)cc1. The summed E-state index contributed by atoms with van der Waals surface area (Å²) in [6.07, 6.45) is 0. The van der Waals surface area contributed by atoms with Crippen molar-refractivity contribution in [3.63, 3.8) is 0 Å². The first-order chi connectivity index (χ1) is 13.6. The Balaban J connectivity index is 1.89. The second kappa shape index (κ2) is 7.84. The zero-order valence-electron chi connectivity index (χ0n) is 16.0. The first kappa shape index (κ1) is 20.8. The Hall–Kier alpha value is -2.91. The lowest BCUT2D eigenvalue weighted by Gasteiger charge is -2.15. The Labute approximate surface area is 167 Å². The molecule has 0 aliphatic carbocycles. The van der Waals surface area contributed by atoms with Gasteiger partial charge in [-0.2, -0.15) is 0 Å². The van der Waals surface area contributed by atoms with Crippen molar-refractivity contribution in [2.24, 2.45) is 0 Å². The summed E-state index contributed by atoms with van der Waals surface area (Å²) in [5, 5.41) is 1.32. The second-order valence-electron chi connectivity index (χ2n) is 7.60. The molecule has 0 spiro atoms. The highest BCUT2D eigenvalue weighted by Crippen LogP contribution is 2.31. The lowest BCUT2D eigenvalue weighted by molar-refractivity contribution is 0.381. The van der Waals surface area contributed by atoms with Crippen molar-refractivity contribution in [1.82, 2.24) is 0 Å². The van der Waals surface area contributed by atoms with Gasteiger partial charge < -0.3 is 0 Å². The number of halogens is 5. The van der Waals surface area contributed by atoms with Gasteiger partial charge in [-0.05, 0) is 29.8 Å². The van der Waals surface area contributed by atoms with Crippen molar-refractivity contribution >= 4 is 13.3 Å². The van der Waals surface area contributed by atoms with E-state index >= 15 is 0 Å². The van der Waals surface area contributed by atoms with E-state index in [-0.39, 0.29) is 5.56 Å². The molecule has 3 aromatic rings. The second-order valence-corrected chi connectivity index (χ2v) is 12.7. The minimum Gasteiger partial charge on any atom is -0.203 e. The summed E-state index contributed by atoms with van der Waals surface area (Å²) in [6.45, 7) is 6.75. The summed E-state index contributed by atoms with van der Waals surface area (Å²) in [5.74, 6) is -3.91. The molecular weight excluding hydrogens is 399 g/mol. The molecule has 0 bridgehead atoms. The summed E-state index contributed by atoms with van der Waals surface area (Å²) in [6, 6.07) is 13.5. The molecule has 6 heteroatoms. The van der Waals surface area contributed by atoms with Crippen molar-refractivity contribution in [3.8, 4) is 23.0 Å². The van der Waals surface area contributed by atoms with Crippen LogP contribution in [0.5, 0.6) is 0 Å². The standard InChI is InChI=1S/C23H17F5Si/c1-29(2,3)17-12-8-15(9-13-17)5-4-14-6-10-16(11-7-14)18-19(24)21(26)23(28)22(27)20(18)25/h6-13H,1-3H3. The summed E-state index contributed by atoms with van der Waals surface area (Å²) in [4.78, 5) is 0. The van der Waals surface area contributed by atoms with E-state index < -0.39 is 42.7 Å². The van der Waals surface area contributed by atoms with E-state index in [0.717, 1.165) is 5.56 Å². The van der Waals surface area contributed by atoms with Crippen LogP contribution in [0.4, 0.5) is 22.0 Å². The fraction of sp³-hybridized carbons (Fsp3) is 0.130. The van der Waals surface area contributed by atoms with Crippen LogP contribution in [-0.2, 0) is 0 Å². The van der Waals surface area contributed by atoms with Gasteiger partial charge in [-0.1, -0.05) is 60.9 Å². The highest BCUT2D eigenvalue weighted by atomic mass is 28.3. The molecule has 0 aliphatic heterocycles. The van der Waals surface area contributed by atoms with Gasteiger partial charge in [-0.15, -0.1) is 0 Å². The average molecular weight is 416 g/mol. The zero-order chi connectivity index (χ0) is 21.3. The molecular formula is C23H17F5Si. The minimum absolute atomic E-state index is 0.122. The van der Waals surface area contributed by atoms with E-state index in [2.05, 4.69) is 43.6 Å². The van der Waals surface area contributed by atoms with Gasteiger partial charge in [0.2, 0.25) is 5.82 Å². The third-order valence-electron chi connectivity index (χ3n) is 4.49. The van der Waals surface area contributed by atoms with Crippen LogP contribution in [-0.4, -0.2) is 8.07 Å². The van der Waals surface area contributed by atoms with Crippen LogP contribution in [0.3, 0.4) is 0 Å². The van der Waals surface area contributed by atoms with E-state index in [1.54, 1.807) is 0 Å². The summed E-state index contributed by atoms with van der Waals surface area (Å²) < 4.78 is 67.8. The van der Waals surface area contributed by atoms with Gasteiger partial charge in [0.25, 0.3) is 0 Å². The predicted octanol–water partition coefficient (Wildman–Crippen LogP) is 5.99. The first-order valence-corrected chi connectivity index (χ1v) is 12.3. The minimum atomic E-state index is -2.17. The van der Waals surface area contributed by atoms with E-state index in [1.807, 2.05) is 12.1 Å². The molecule has 0 aromatic heterocycles. The van der Waals surface area contributed by atoms with E-state index in [4.69, 9.17) is 0 Å². The van der Waals surface area contributed by atoms with Crippen molar-refractivity contribution < 1.29 is 22.0 Å². The molecule has 0 saturated heterocycles. The van der Waals surface area contributed by atoms with Gasteiger partial charge in [0.1, 0.15) is 0 Å². The molecule has 0 amide bonds. The Bertz CT molecular complexity index is 1090. The molecule has 148 valence electrons. The zero-order valence-corrected chi connectivity index (χ0v) is 17.0. The van der Waals surface area contributed by atoms with Crippen LogP contribution in [0.1, 0.15) is 11.1 Å². The summed E-state index contributed by atoms with van der Waals surface area (Å²) >= 11 is 0. The molecule has 0 saturated carbocycles.